The highest BCUT2D eigenvalue weighted by Crippen LogP contribution is 2.44. The number of aromatic nitrogens is 1. The van der Waals surface area contributed by atoms with Gasteiger partial charge in [-0.1, -0.05) is 19.1 Å². The number of Topliss-reactive ketones (excluding diaryl/α,β-unsaturated/α-hetero) is 1. The second-order valence-electron chi connectivity index (χ2n) is 8.73. The molecule has 2 N–H and O–H groups in total. The fraction of sp³-hybridized carbons (Fsp3) is 0.583. The first-order valence-electron chi connectivity index (χ1n) is 11.4. The minimum Gasteiger partial charge on any atom is -0.352 e. The number of hydrogen-bond acceptors (Lipinski definition) is 3. The standard InChI is InChI=1S/C24H34N4O2/c1-5-11-28-14-16(25-24(30)27(6-2)7-3)12-18-17-9-8-10-20-22(17)19(13-21(18)28)23(26-20)15(4)29/h8-10,16,18,21,26H,5-7,11-14H2,1-4H3,(H,25,30)/t16-,18+,21+/m0/s1. The van der Waals surface area contributed by atoms with Crippen LogP contribution in [0, 0.1) is 0 Å². The number of amides is 2. The van der Waals surface area contributed by atoms with Gasteiger partial charge in [-0.3, -0.25) is 9.69 Å². The minimum atomic E-state index is 0.0371. The molecule has 1 aliphatic heterocycles. The lowest BCUT2D eigenvalue weighted by Gasteiger charge is -2.47. The lowest BCUT2D eigenvalue weighted by atomic mass is 9.73. The maximum Gasteiger partial charge on any atom is 0.317 e. The topological polar surface area (TPSA) is 68.4 Å². The Kier molecular flexibility index (Phi) is 5.87. The van der Waals surface area contributed by atoms with Crippen LogP contribution in [0.15, 0.2) is 18.2 Å². The molecule has 162 valence electrons. The predicted molar refractivity (Wildman–Crippen MR) is 120 cm³/mol. The second-order valence-corrected chi connectivity index (χ2v) is 8.73. The fourth-order valence-electron chi connectivity index (χ4n) is 5.61. The van der Waals surface area contributed by atoms with E-state index >= 15 is 0 Å². The van der Waals surface area contributed by atoms with E-state index in [2.05, 4.69) is 40.3 Å². The number of nitrogens with zero attached hydrogens (tertiary/aromatic N) is 2. The van der Waals surface area contributed by atoms with Gasteiger partial charge < -0.3 is 15.2 Å². The number of hydrogen-bond donors (Lipinski definition) is 2. The van der Waals surface area contributed by atoms with Crippen LogP contribution in [0.5, 0.6) is 0 Å². The molecule has 6 heteroatoms. The van der Waals surface area contributed by atoms with Crippen molar-refractivity contribution in [3.8, 4) is 0 Å². The Morgan fingerprint density at radius 2 is 2.00 bits per heavy atom. The van der Waals surface area contributed by atoms with E-state index in [9.17, 15) is 9.59 Å². The number of likely N-dealkylation sites (tertiary alicyclic amines) is 1. The molecule has 1 aromatic heterocycles. The van der Waals surface area contributed by atoms with Gasteiger partial charge in [-0.15, -0.1) is 0 Å². The van der Waals surface area contributed by atoms with E-state index in [1.807, 2.05) is 18.7 Å². The molecular formula is C24H34N4O2. The van der Waals surface area contributed by atoms with Gasteiger partial charge in [0.25, 0.3) is 0 Å². The van der Waals surface area contributed by atoms with Crippen molar-refractivity contribution in [1.82, 2.24) is 20.1 Å². The van der Waals surface area contributed by atoms with Gasteiger partial charge >= 0.3 is 6.03 Å². The molecule has 0 radical (unpaired) electrons. The highest BCUT2D eigenvalue weighted by molar-refractivity contribution is 6.02. The molecule has 1 aliphatic carbocycles. The predicted octanol–water partition coefficient (Wildman–Crippen LogP) is 3.91. The number of rotatable bonds is 6. The molecule has 30 heavy (non-hydrogen) atoms. The average Bonchev–Trinajstić information content (AvgIpc) is 3.10. The molecule has 2 heterocycles. The molecule has 0 unspecified atom stereocenters. The van der Waals surface area contributed by atoms with Crippen molar-refractivity contribution in [3.05, 3.63) is 35.0 Å². The monoisotopic (exact) mass is 410 g/mol. The van der Waals surface area contributed by atoms with Gasteiger partial charge in [0.2, 0.25) is 0 Å². The van der Waals surface area contributed by atoms with Crippen LogP contribution in [0.25, 0.3) is 10.9 Å². The number of nitrogens with one attached hydrogen (secondary N) is 2. The molecule has 3 atom stereocenters. The zero-order valence-electron chi connectivity index (χ0n) is 18.6. The van der Waals surface area contributed by atoms with Crippen LogP contribution in [-0.4, -0.2) is 64.9 Å². The van der Waals surface area contributed by atoms with Gasteiger partial charge in [-0.05, 0) is 56.8 Å². The van der Waals surface area contributed by atoms with Gasteiger partial charge in [0.15, 0.2) is 5.78 Å². The van der Waals surface area contributed by atoms with Crippen LogP contribution >= 0.6 is 0 Å². The Morgan fingerprint density at radius 3 is 2.67 bits per heavy atom. The van der Waals surface area contributed by atoms with Gasteiger partial charge in [0.05, 0.1) is 5.69 Å². The van der Waals surface area contributed by atoms with Gasteiger partial charge in [0, 0.05) is 55.5 Å². The van der Waals surface area contributed by atoms with Crippen LogP contribution in [0.2, 0.25) is 0 Å². The van der Waals surface area contributed by atoms with E-state index in [1.54, 1.807) is 6.92 Å². The SMILES string of the molecule is CCCN1C[C@@H](NC(=O)N(CC)CC)C[C@@H]2c3cccc4[nH]c(C(C)=O)c(c34)C[C@H]21. The molecular weight excluding hydrogens is 376 g/mol. The van der Waals surface area contributed by atoms with Crippen LogP contribution < -0.4 is 5.32 Å². The molecule has 1 fully saturated rings. The van der Waals surface area contributed by atoms with Crippen molar-refractivity contribution in [1.29, 1.82) is 0 Å². The lowest BCUT2D eigenvalue weighted by molar-refractivity contribution is 0.0959. The summed E-state index contributed by atoms with van der Waals surface area (Å²) in [6.07, 6.45) is 2.91. The molecule has 4 rings (SSSR count). The summed E-state index contributed by atoms with van der Waals surface area (Å²) >= 11 is 0. The molecule has 2 aliphatic rings. The summed E-state index contributed by atoms with van der Waals surface area (Å²) in [5.41, 5.74) is 4.33. The number of carbonyl (C=O) groups excluding carboxylic acids is 2. The number of carbonyl (C=O) groups is 2. The molecule has 0 bridgehead atoms. The lowest BCUT2D eigenvalue weighted by Crippen LogP contribution is -2.58. The number of fused-ring (bicyclic) bond motifs is 2. The maximum absolute atomic E-state index is 12.7. The van der Waals surface area contributed by atoms with E-state index in [-0.39, 0.29) is 17.9 Å². The number of benzene rings is 1. The second kappa shape index (κ2) is 8.42. The molecule has 1 aromatic carbocycles. The first kappa shape index (κ1) is 20.9. The van der Waals surface area contributed by atoms with E-state index in [1.165, 1.54) is 16.5 Å². The molecule has 2 aromatic rings. The molecule has 1 saturated heterocycles. The largest absolute Gasteiger partial charge is 0.352 e. The minimum absolute atomic E-state index is 0.0371. The van der Waals surface area contributed by atoms with Crippen molar-refractivity contribution >= 4 is 22.7 Å². The van der Waals surface area contributed by atoms with Crippen molar-refractivity contribution in [2.45, 2.75) is 65.0 Å². The van der Waals surface area contributed by atoms with Crippen molar-refractivity contribution in [3.63, 3.8) is 0 Å². The van der Waals surface area contributed by atoms with Crippen molar-refractivity contribution in [2.75, 3.05) is 26.2 Å². The first-order chi connectivity index (χ1) is 14.5. The highest BCUT2D eigenvalue weighted by atomic mass is 16.2. The number of urea groups is 1. The third-order valence-electron chi connectivity index (χ3n) is 6.94. The Morgan fingerprint density at radius 1 is 1.23 bits per heavy atom. The third kappa shape index (κ3) is 3.51. The Hall–Kier alpha value is -2.34. The Labute approximate surface area is 179 Å². The highest BCUT2D eigenvalue weighted by Gasteiger charge is 2.42. The average molecular weight is 411 g/mol. The van der Waals surface area contributed by atoms with E-state index in [0.29, 0.717) is 12.0 Å². The van der Waals surface area contributed by atoms with E-state index < -0.39 is 0 Å². The zero-order chi connectivity index (χ0) is 21.4. The summed E-state index contributed by atoms with van der Waals surface area (Å²) in [6, 6.07) is 6.93. The quantitative estimate of drug-likeness (QED) is 0.710. The van der Waals surface area contributed by atoms with Gasteiger partial charge in [-0.2, -0.15) is 0 Å². The molecule has 0 spiro atoms. The van der Waals surface area contributed by atoms with Crippen LogP contribution in [0.3, 0.4) is 0 Å². The Balaban J connectivity index is 1.70. The van der Waals surface area contributed by atoms with E-state index in [0.717, 1.165) is 56.7 Å². The normalized spacial score (nSPS) is 23.3. The molecule has 6 nitrogen and oxygen atoms in total. The number of ketones is 1. The molecule has 0 saturated carbocycles. The summed E-state index contributed by atoms with van der Waals surface area (Å²) in [5.74, 6) is 0.465. The van der Waals surface area contributed by atoms with Crippen LogP contribution in [-0.2, 0) is 6.42 Å². The first-order valence-corrected chi connectivity index (χ1v) is 11.4. The van der Waals surface area contributed by atoms with Crippen LogP contribution in [0.4, 0.5) is 4.79 Å². The van der Waals surface area contributed by atoms with Crippen LogP contribution in [0.1, 0.15) is 68.1 Å². The smallest absolute Gasteiger partial charge is 0.317 e. The summed E-state index contributed by atoms with van der Waals surface area (Å²) < 4.78 is 0. The Bertz CT molecular complexity index is 946. The fourth-order valence-corrected chi connectivity index (χ4v) is 5.61. The van der Waals surface area contributed by atoms with Gasteiger partial charge in [-0.25, -0.2) is 4.79 Å². The number of aromatic amines is 1. The third-order valence-corrected chi connectivity index (χ3v) is 6.94. The zero-order valence-corrected chi connectivity index (χ0v) is 18.6. The van der Waals surface area contributed by atoms with E-state index in [4.69, 9.17) is 0 Å². The van der Waals surface area contributed by atoms with Crippen molar-refractivity contribution in [2.24, 2.45) is 0 Å². The summed E-state index contributed by atoms with van der Waals surface area (Å²) in [7, 11) is 0. The summed E-state index contributed by atoms with van der Waals surface area (Å²) in [5, 5.41) is 4.54. The number of H-pyrrole nitrogens is 1. The van der Waals surface area contributed by atoms with Gasteiger partial charge in [0.1, 0.15) is 0 Å². The maximum atomic E-state index is 12.7. The molecule has 2 amide bonds. The summed E-state index contributed by atoms with van der Waals surface area (Å²) in [4.78, 5) is 32.8. The van der Waals surface area contributed by atoms with Crippen molar-refractivity contribution < 1.29 is 9.59 Å². The number of piperidine rings is 1. The summed E-state index contributed by atoms with van der Waals surface area (Å²) in [6.45, 7) is 11.2.